The predicted molar refractivity (Wildman–Crippen MR) is 105 cm³/mol. The molecule has 0 aliphatic carbocycles. The van der Waals surface area contributed by atoms with Crippen LogP contribution in [0.2, 0.25) is 5.02 Å². The molecule has 12 heteroatoms. The maximum absolute atomic E-state index is 13.5. The molecule has 168 valence electrons. The van der Waals surface area contributed by atoms with Crippen molar-refractivity contribution < 1.29 is 31.9 Å². The second kappa shape index (κ2) is 8.63. The number of nitrogens with zero attached hydrogens (tertiary/aromatic N) is 2. The third kappa shape index (κ3) is 4.31. The van der Waals surface area contributed by atoms with E-state index in [-0.39, 0.29) is 34.1 Å². The van der Waals surface area contributed by atoms with Gasteiger partial charge in [0, 0.05) is 17.9 Å². The molecule has 2 aromatic rings. The number of alkyl halides is 3. The van der Waals surface area contributed by atoms with E-state index in [1.165, 1.54) is 10.6 Å². The highest BCUT2D eigenvalue weighted by molar-refractivity contribution is 6.48. The number of rotatable bonds is 5. The van der Waals surface area contributed by atoms with Gasteiger partial charge in [-0.1, -0.05) is 11.6 Å². The van der Waals surface area contributed by atoms with Gasteiger partial charge in [-0.2, -0.15) is 18.4 Å². The molecule has 0 radical (unpaired) electrons. The van der Waals surface area contributed by atoms with E-state index in [1.807, 2.05) is 0 Å². The first-order valence-electron chi connectivity index (χ1n) is 9.29. The molecule has 0 fully saturated rings. The van der Waals surface area contributed by atoms with Crippen LogP contribution in [0.5, 0.6) is 0 Å². The summed E-state index contributed by atoms with van der Waals surface area (Å²) in [5.74, 6) is -4.37. The number of Topliss-reactive ketones (excluding diaryl/α,β-unsaturated/α-hetero) is 1. The number of benzene rings is 1. The maximum atomic E-state index is 13.5. The van der Waals surface area contributed by atoms with Crippen molar-refractivity contribution in [2.75, 3.05) is 5.32 Å². The van der Waals surface area contributed by atoms with E-state index >= 15 is 0 Å². The van der Waals surface area contributed by atoms with Gasteiger partial charge in [0.15, 0.2) is 0 Å². The van der Waals surface area contributed by atoms with Crippen molar-refractivity contribution in [3.8, 4) is 6.07 Å². The van der Waals surface area contributed by atoms with Gasteiger partial charge in [0.2, 0.25) is 0 Å². The summed E-state index contributed by atoms with van der Waals surface area (Å²) in [5, 5.41) is 12.6. The summed E-state index contributed by atoms with van der Waals surface area (Å²) in [6, 6.07) is 2.68. The zero-order chi connectivity index (χ0) is 23.8. The Bertz CT molecular complexity index is 1170. The lowest BCUT2D eigenvalue weighted by Gasteiger charge is -2.16. The van der Waals surface area contributed by atoms with E-state index in [9.17, 15) is 31.9 Å². The molecule has 0 unspecified atom stereocenters. The van der Waals surface area contributed by atoms with Crippen LogP contribution >= 0.6 is 11.6 Å². The molecule has 0 saturated heterocycles. The lowest BCUT2D eigenvalue weighted by Crippen LogP contribution is -2.46. The van der Waals surface area contributed by atoms with Crippen molar-refractivity contribution in [3.63, 3.8) is 0 Å². The molecular formula is C20H15ClF4N4O3. The average Bonchev–Trinajstić information content (AvgIpc) is 3.27. The van der Waals surface area contributed by atoms with Crippen molar-refractivity contribution >= 4 is 34.9 Å². The molecule has 1 aromatic carbocycles. The van der Waals surface area contributed by atoms with Crippen LogP contribution in [0.25, 0.3) is 0 Å². The van der Waals surface area contributed by atoms with Gasteiger partial charge in [0.1, 0.15) is 23.6 Å². The van der Waals surface area contributed by atoms with Gasteiger partial charge in [-0.3, -0.25) is 14.4 Å². The van der Waals surface area contributed by atoms with Crippen molar-refractivity contribution in [2.24, 2.45) is 0 Å². The van der Waals surface area contributed by atoms with E-state index in [0.717, 1.165) is 12.1 Å². The minimum atomic E-state index is -4.75. The Kier molecular flexibility index (Phi) is 6.27. The zero-order valence-electron chi connectivity index (χ0n) is 16.4. The van der Waals surface area contributed by atoms with Gasteiger partial charge in [-0.15, -0.1) is 0 Å². The Morgan fingerprint density at radius 3 is 2.59 bits per heavy atom. The third-order valence-electron chi connectivity index (χ3n) is 4.94. The molecule has 0 saturated carbocycles. The monoisotopic (exact) mass is 470 g/mol. The summed E-state index contributed by atoms with van der Waals surface area (Å²) >= 11 is 6.24. The molecular weight excluding hydrogens is 456 g/mol. The molecule has 1 aliphatic heterocycles. The number of carbonyl (C=O) groups is 3. The first kappa shape index (κ1) is 23.3. The van der Waals surface area contributed by atoms with Crippen molar-refractivity contribution in [1.82, 2.24) is 9.88 Å². The van der Waals surface area contributed by atoms with Crippen molar-refractivity contribution in [2.45, 2.75) is 38.5 Å². The molecule has 1 atom stereocenters. The van der Waals surface area contributed by atoms with E-state index < -0.39 is 35.6 Å². The van der Waals surface area contributed by atoms with Gasteiger partial charge in [0.05, 0.1) is 16.1 Å². The van der Waals surface area contributed by atoms with Gasteiger partial charge in [0.25, 0.3) is 17.6 Å². The summed E-state index contributed by atoms with van der Waals surface area (Å²) < 4.78 is 53.0. The minimum absolute atomic E-state index is 0.0894. The topological polar surface area (TPSA) is 104 Å². The number of ketones is 1. The Morgan fingerprint density at radius 1 is 1.28 bits per heavy atom. The Hall–Kier alpha value is -3.39. The largest absolute Gasteiger partial charge is 0.408 e. The van der Waals surface area contributed by atoms with Crippen LogP contribution < -0.4 is 10.6 Å². The smallest absolute Gasteiger partial charge is 0.340 e. The number of halogens is 5. The lowest BCUT2D eigenvalue weighted by molar-refractivity contribution is -0.156. The fraction of sp³-hybridized carbons (Fsp3) is 0.300. The molecule has 2 N–H and O–H groups in total. The summed E-state index contributed by atoms with van der Waals surface area (Å²) in [4.78, 5) is 37.6. The van der Waals surface area contributed by atoms with E-state index in [0.29, 0.717) is 25.5 Å². The lowest BCUT2D eigenvalue weighted by atomic mass is 10.1. The molecule has 7 nitrogen and oxygen atoms in total. The molecule has 2 amide bonds. The number of nitrogens with one attached hydrogen (secondary N) is 2. The summed E-state index contributed by atoms with van der Waals surface area (Å²) in [6.45, 7) is 0.924. The molecule has 32 heavy (non-hydrogen) atoms. The number of carbonyl (C=O) groups excluding carboxylic acids is 3. The predicted octanol–water partition coefficient (Wildman–Crippen LogP) is 3.60. The Balaban J connectivity index is 1.92. The Morgan fingerprint density at radius 2 is 1.97 bits per heavy atom. The third-order valence-corrected chi connectivity index (χ3v) is 5.31. The number of anilines is 1. The summed E-state index contributed by atoms with van der Waals surface area (Å²) in [5.41, 5.74) is -0.371. The van der Waals surface area contributed by atoms with Gasteiger partial charge in [-0.05, 0) is 38.0 Å². The average molecular weight is 471 g/mol. The van der Waals surface area contributed by atoms with Crippen LogP contribution in [0.4, 0.5) is 23.2 Å². The number of fused-ring (bicyclic) bond motifs is 1. The summed E-state index contributed by atoms with van der Waals surface area (Å²) in [7, 11) is 0. The molecule has 0 bridgehead atoms. The first-order valence-corrected chi connectivity index (χ1v) is 9.67. The van der Waals surface area contributed by atoms with E-state index in [4.69, 9.17) is 16.9 Å². The highest BCUT2D eigenvalue weighted by Gasteiger charge is 2.40. The SMILES string of the molecule is C[C@@H](NC(=O)C(=O)c1c(Cl)c(C(=O)Nc2ccc(F)c(C#N)c2)c2n1CCC2)C(F)(F)F. The number of hydrogen-bond acceptors (Lipinski definition) is 4. The van der Waals surface area contributed by atoms with Crippen molar-refractivity contribution in [1.29, 1.82) is 5.26 Å². The highest BCUT2D eigenvalue weighted by atomic mass is 35.5. The number of aromatic nitrogens is 1. The maximum Gasteiger partial charge on any atom is 0.408 e. The molecule has 1 aromatic heterocycles. The van der Waals surface area contributed by atoms with Crippen LogP contribution in [0.1, 0.15) is 45.4 Å². The standard InChI is InChI=1S/C20H15ClF4N4O3/c1-9(20(23,24)25)27-19(32)17(30)16-15(21)14(13-3-2-6-29(13)16)18(31)28-11-4-5-12(22)10(7-11)8-26/h4-5,7,9H,2-3,6H2,1H3,(H,27,32)(H,28,31)/t9-/m1/s1. The number of hydrogen-bond donors (Lipinski definition) is 2. The normalized spacial score (nSPS) is 13.8. The van der Waals surface area contributed by atoms with E-state index in [2.05, 4.69) is 5.32 Å². The quantitative estimate of drug-likeness (QED) is 0.396. The second-order valence-corrected chi connectivity index (χ2v) is 7.44. The van der Waals surface area contributed by atoms with Crippen LogP contribution in [-0.2, 0) is 17.8 Å². The molecule has 2 heterocycles. The van der Waals surface area contributed by atoms with Crippen LogP contribution in [0.15, 0.2) is 18.2 Å². The zero-order valence-corrected chi connectivity index (χ0v) is 17.2. The summed E-state index contributed by atoms with van der Waals surface area (Å²) in [6.07, 6.45) is -3.89. The first-order chi connectivity index (χ1) is 15.0. The molecule has 1 aliphatic rings. The molecule has 3 rings (SSSR count). The highest BCUT2D eigenvalue weighted by Crippen LogP contribution is 2.34. The van der Waals surface area contributed by atoms with E-state index in [1.54, 1.807) is 11.4 Å². The fourth-order valence-electron chi connectivity index (χ4n) is 3.33. The molecule has 0 spiro atoms. The minimum Gasteiger partial charge on any atom is -0.340 e. The van der Waals surface area contributed by atoms with Gasteiger partial charge in [-0.25, -0.2) is 4.39 Å². The van der Waals surface area contributed by atoms with Crippen LogP contribution in [-0.4, -0.2) is 34.4 Å². The number of nitriles is 1. The van der Waals surface area contributed by atoms with Crippen LogP contribution in [0, 0.1) is 17.1 Å². The van der Waals surface area contributed by atoms with Crippen LogP contribution in [0.3, 0.4) is 0 Å². The van der Waals surface area contributed by atoms with Gasteiger partial charge < -0.3 is 15.2 Å². The Labute approximate surface area is 183 Å². The van der Waals surface area contributed by atoms with Crippen molar-refractivity contribution in [3.05, 3.63) is 51.6 Å². The fourth-order valence-corrected chi connectivity index (χ4v) is 3.71. The number of amides is 2. The second-order valence-electron chi connectivity index (χ2n) is 7.07. The van der Waals surface area contributed by atoms with Gasteiger partial charge >= 0.3 is 6.18 Å².